The van der Waals surface area contributed by atoms with Gasteiger partial charge in [0.05, 0.1) is 0 Å². The Balaban J connectivity index is 1.85. The Labute approximate surface area is 199 Å². The molecule has 0 N–H and O–H groups in total. The molecule has 1 aliphatic rings. The Morgan fingerprint density at radius 3 is 2.42 bits per heavy atom. The highest BCUT2D eigenvalue weighted by Crippen LogP contribution is 2.28. The molecular formula is C29H24ClN3. The van der Waals surface area contributed by atoms with Crippen LogP contribution in [0.4, 0.5) is 0 Å². The lowest BCUT2D eigenvalue weighted by Crippen LogP contribution is -2.02. The zero-order valence-electron chi connectivity index (χ0n) is 18.4. The van der Waals surface area contributed by atoms with Crippen LogP contribution in [0.25, 0.3) is 33.9 Å². The van der Waals surface area contributed by atoms with E-state index in [0.717, 1.165) is 39.3 Å². The summed E-state index contributed by atoms with van der Waals surface area (Å²) in [5.74, 6) is 1.86. The molecule has 0 atom stereocenters. The van der Waals surface area contributed by atoms with Crippen LogP contribution in [-0.2, 0) is 0 Å². The van der Waals surface area contributed by atoms with Gasteiger partial charge in [0.25, 0.3) is 0 Å². The zero-order chi connectivity index (χ0) is 23.0. The molecule has 33 heavy (non-hydrogen) atoms. The molecule has 0 aliphatic heterocycles. The molecule has 0 amide bonds. The third kappa shape index (κ3) is 5.51. The van der Waals surface area contributed by atoms with Crippen molar-refractivity contribution in [2.45, 2.75) is 13.3 Å². The van der Waals surface area contributed by atoms with Crippen molar-refractivity contribution < 1.29 is 0 Å². The second kappa shape index (κ2) is 10.7. The Morgan fingerprint density at radius 1 is 0.939 bits per heavy atom. The highest BCUT2D eigenvalue weighted by molar-refractivity contribution is 6.31. The highest BCUT2D eigenvalue weighted by atomic mass is 35.5. The number of nitrogens with zero attached hydrogens (tertiary/aromatic N) is 3. The minimum absolute atomic E-state index is 0.615. The topological polar surface area (TPSA) is 38.7 Å². The lowest BCUT2D eigenvalue weighted by atomic mass is 10.0. The van der Waals surface area contributed by atoms with Gasteiger partial charge in [-0.1, -0.05) is 109 Å². The van der Waals surface area contributed by atoms with Gasteiger partial charge in [-0.05, 0) is 36.6 Å². The fourth-order valence-electron chi connectivity index (χ4n) is 3.47. The van der Waals surface area contributed by atoms with Crippen LogP contribution < -0.4 is 0 Å². The summed E-state index contributed by atoms with van der Waals surface area (Å²) in [6, 6.07) is 18.1. The van der Waals surface area contributed by atoms with Crippen LogP contribution in [-0.4, -0.2) is 15.0 Å². The van der Waals surface area contributed by atoms with E-state index < -0.39 is 0 Å². The first-order valence-electron chi connectivity index (χ1n) is 10.8. The average molecular weight is 450 g/mol. The summed E-state index contributed by atoms with van der Waals surface area (Å²) >= 11 is 6.32. The van der Waals surface area contributed by atoms with Gasteiger partial charge in [0, 0.05) is 21.7 Å². The second-order valence-corrected chi connectivity index (χ2v) is 7.86. The second-order valence-electron chi connectivity index (χ2n) is 7.42. The molecule has 0 radical (unpaired) electrons. The smallest absolute Gasteiger partial charge is 0.164 e. The molecule has 0 saturated heterocycles. The fourth-order valence-corrected chi connectivity index (χ4v) is 3.68. The third-order valence-corrected chi connectivity index (χ3v) is 5.41. The number of allylic oxidation sites excluding steroid dienone is 11. The minimum Gasteiger partial charge on any atom is -0.208 e. The molecule has 0 saturated carbocycles. The van der Waals surface area contributed by atoms with Crippen LogP contribution in [0.1, 0.15) is 24.7 Å². The third-order valence-electron chi connectivity index (χ3n) is 5.14. The number of hydrogen-bond donors (Lipinski definition) is 0. The first kappa shape index (κ1) is 22.4. The highest BCUT2D eigenvalue weighted by Gasteiger charge is 2.13. The summed E-state index contributed by atoms with van der Waals surface area (Å²) in [7, 11) is 0. The molecule has 3 aromatic rings. The normalized spacial score (nSPS) is 14.1. The number of aromatic nitrogens is 3. The summed E-state index contributed by atoms with van der Waals surface area (Å²) in [6.45, 7) is 5.74. The lowest BCUT2D eigenvalue weighted by Gasteiger charge is -2.10. The van der Waals surface area contributed by atoms with Crippen LogP contribution in [0.5, 0.6) is 0 Å². The van der Waals surface area contributed by atoms with Crippen LogP contribution in [0.15, 0.2) is 115 Å². The molecule has 4 heteroatoms. The van der Waals surface area contributed by atoms with E-state index in [1.54, 1.807) is 6.08 Å². The van der Waals surface area contributed by atoms with Crippen molar-refractivity contribution in [1.82, 2.24) is 15.0 Å². The van der Waals surface area contributed by atoms with Crippen molar-refractivity contribution in [2.75, 3.05) is 0 Å². The van der Waals surface area contributed by atoms with Gasteiger partial charge < -0.3 is 0 Å². The summed E-state index contributed by atoms with van der Waals surface area (Å²) < 4.78 is 0. The lowest BCUT2D eigenvalue weighted by molar-refractivity contribution is 1.04. The van der Waals surface area contributed by atoms with E-state index in [4.69, 9.17) is 26.6 Å². The molecule has 1 heterocycles. The van der Waals surface area contributed by atoms with Crippen LogP contribution in [0.3, 0.4) is 0 Å². The summed E-state index contributed by atoms with van der Waals surface area (Å²) in [5, 5.41) is 0.737. The van der Waals surface area contributed by atoms with Gasteiger partial charge in [-0.25, -0.2) is 15.0 Å². The van der Waals surface area contributed by atoms with Crippen molar-refractivity contribution in [3.63, 3.8) is 0 Å². The standard InChI is InChI=1S/C29H24ClN3/c1-3-5-12-21(4-2)27-31-28(22-13-7-6-8-14-22)33-29(32-27)25-17-11-16-23(19-25)24-15-9-10-18-26(30)20-24/h3-9,11-20H,1,10H2,2H3/b12-5-,21-4+. The number of benzene rings is 2. The molecule has 0 bridgehead atoms. The SMILES string of the molecule is C=C/C=C\C(=C/C)c1nc(-c2ccccc2)nc(-c2cccc(C3=CC(Cl)=CCC=C3)c2)n1. The van der Waals surface area contributed by atoms with Gasteiger partial charge in [-0.15, -0.1) is 0 Å². The maximum Gasteiger partial charge on any atom is 0.164 e. The van der Waals surface area contributed by atoms with Gasteiger partial charge in [0.15, 0.2) is 17.5 Å². The predicted molar refractivity (Wildman–Crippen MR) is 139 cm³/mol. The largest absolute Gasteiger partial charge is 0.208 e. The molecule has 1 aliphatic carbocycles. The monoisotopic (exact) mass is 449 g/mol. The number of rotatable bonds is 6. The van der Waals surface area contributed by atoms with Gasteiger partial charge in [0.1, 0.15) is 0 Å². The van der Waals surface area contributed by atoms with Crippen molar-refractivity contribution in [3.8, 4) is 22.8 Å². The fraction of sp³-hybridized carbons (Fsp3) is 0.0690. The number of halogens is 1. The molecule has 3 nitrogen and oxygen atoms in total. The molecule has 162 valence electrons. The average Bonchev–Trinajstić information content (AvgIpc) is 3.09. The van der Waals surface area contributed by atoms with Crippen LogP contribution >= 0.6 is 11.6 Å². The van der Waals surface area contributed by atoms with Gasteiger partial charge in [0.2, 0.25) is 0 Å². The summed E-state index contributed by atoms with van der Waals surface area (Å²) in [6.07, 6.45) is 16.5. The number of hydrogen-bond acceptors (Lipinski definition) is 3. The van der Waals surface area contributed by atoms with Crippen LogP contribution in [0.2, 0.25) is 0 Å². The Morgan fingerprint density at radius 2 is 1.67 bits per heavy atom. The maximum absolute atomic E-state index is 6.32. The molecule has 2 aromatic carbocycles. The molecule has 0 unspecified atom stereocenters. The van der Waals surface area contributed by atoms with E-state index in [2.05, 4.69) is 30.9 Å². The first-order valence-corrected chi connectivity index (χ1v) is 11.2. The van der Waals surface area contributed by atoms with Crippen molar-refractivity contribution >= 4 is 22.7 Å². The van der Waals surface area contributed by atoms with Crippen LogP contribution in [0, 0.1) is 0 Å². The maximum atomic E-state index is 6.32. The quantitative estimate of drug-likeness (QED) is 0.360. The van der Waals surface area contributed by atoms with Gasteiger partial charge >= 0.3 is 0 Å². The Hall–Kier alpha value is -3.82. The molecular weight excluding hydrogens is 426 g/mol. The molecule has 1 aromatic heterocycles. The Kier molecular flexibility index (Phi) is 7.23. The van der Waals surface area contributed by atoms with E-state index >= 15 is 0 Å². The summed E-state index contributed by atoms with van der Waals surface area (Å²) in [5.41, 5.74) is 4.86. The zero-order valence-corrected chi connectivity index (χ0v) is 19.2. The summed E-state index contributed by atoms with van der Waals surface area (Å²) in [4.78, 5) is 14.4. The molecule has 0 spiro atoms. The molecule has 0 fully saturated rings. The first-order chi connectivity index (χ1) is 16.2. The predicted octanol–water partition coefficient (Wildman–Crippen LogP) is 7.82. The van der Waals surface area contributed by atoms with Crippen molar-refractivity contribution in [1.29, 1.82) is 0 Å². The van der Waals surface area contributed by atoms with E-state index in [1.807, 2.05) is 79.8 Å². The van der Waals surface area contributed by atoms with E-state index in [1.165, 1.54) is 0 Å². The molecule has 4 rings (SSSR count). The van der Waals surface area contributed by atoms with Gasteiger partial charge in [-0.2, -0.15) is 0 Å². The van der Waals surface area contributed by atoms with Crippen molar-refractivity contribution in [2.24, 2.45) is 0 Å². The van der Waals surface area contributed by atoms with Gasteiger partial charge in [-0.3, -0.25) is 0 Å². The minimum atomic E-state index is 0.615. The van der Waals surface area contributed by atoms with E-state index in [-0.39, 0.29) is 0 Å². The van der Waals surface area contributed by atoms with E-state index in [9.17, 15) is 0 Å². The Bertz CT molecular complexity index is 1310. The van der Waals surface area contributed by atoms with Crippen molar-refractivity contribution in [3.05, 3.63) is 126 Å². The van der Waals surface area contributed by atoms with E-state index in [0.29, 0.717) is 17.5 Å².